The van der Waals surface area contributed by atoms with Gasteiger partial charge < -0.3 is 20.3 Å². The molecule has 0 heterocycles. The standard InChI is InChI=1S/C20H25N3O3/c1-23(2)14-17-10-8-16(9-11-17)12-21-19(24)13-22-20(25)15-26-18-6-4-3-5-7-18/h3-11H,12-15H2,1-2H3,(H,21,24)(H,22,25). The van der Waals surface area contributed by atoms with E-state index in [2.05, 4.69) is 15.5 Å². The van der Waals surface area contributed by atoms with E-state index in [-0.39, 0.29) is 25.0 Å². The zero-order chi connectivity index (χ0) is 18.8. The summed E-state index contributed by atoms with van der Waals surface area (Å²) in [5.41, 5.74) is 2.23. The van der Waals surface area contributed by atoms with Gasteiger partial charge in [-0.25, -0.2) is 0 Å². The number of ether oxygens (including phenoxy) is 1. The van der Waals surface area contributed by atoms with E-state index >= 15 is 0 Å². The van der Waals surface area contributed by atoms with Crippen molar-refractivity contribution in [1.82, 2.24) is 15.5 Å². The highest BCUT2D eigenvalue weighted by Gasteiger charge is 2.06. The number of carbonyl (C=O) groups excluding carboxylic acids is 2. The number of hydrogen-bond acceptors (Lipinski definition) is 4. The first-order valence-electron chi connectivity index (χ1n) is 8.47. The molecule has 6 heteroatoms. The third kappa shape index (κ3) is 7.36. The number of para-hydroxylation sites is 1. The summed E-state index contributed by atoms with van der Waals surface area (Å²) >= 11 is 0. The average molecular weight is 355 g/mol. The quantitative estimate of drug-likeness (QED) is 0.716. The van der Waals surface area contributed by atoms with E-state index in [1.807, 2.05) is 56.6 Å². The van der Waals surface area contributed by atoms with Crippen LogP contribution in [0.5, 0.6) is 5.75 Å². The van der Waals surface area contributed by atoms with Gasteiger partial charge in [0.1, 0.15) is 5.75 Å². The van der Waals surface area contributed by atoms with Crippen LogP contribution in [0.3, 0.4) is 0 Å². The Morgan fingerprint density at radius 2 is 1.54 bits per heavy atom. The van der Waals surface area contributed by atoms with Crippen LogP contribution in [0.15, 0.2) is 54.6 Å². The number of amides is 2. The van der Waals surface area contributed by atoms with E-state index < -0.39 is 0 Å². The minimum absolute atomic E-state index is 0.0737. The summed E-state index contributed by atoms with van der Waals surface area (Å²) in [6.45, 7) is 1.11. The molecule has 0 atom stereocenters. The van der Waals surface area contributed by atoms with Crippen molar-refractivity contribution < 1.29 is 14.3 Å². The monoisotopic (exact) mass is 355 g/mol. The Labute approximate surface area is 154 Å². The van der Waals surface area contributed by atoms with Crippen LogP contribution in [-0.4, -0.2) is 44.0 Å². The van der Waals surface area contributed by atoms with Crippen molar-refractivity contribution in [2.24, 2.45) is 0 Å². The highest BCUT2D eigenvalue weighted by Crippen LogP contribution is 2.07. The van der Waals surface area contributed by atoms with Crippen LogP contribution in [0.2, 0.25) is 0 Å². The summed E-state index contributed by atoms with van der Waals surface area (Å²) in [5.74, 6) is 0.0392. The van der Waals surface area contributed by atoms with E-state index in [1.165, 1.54) is 5.56 Å². The number of carbonyl (C=O) groups is 2. The van der Waals surface area contributed by atoms with Crippen molar-refractivity contribution in [1.29, 1.82) is 0 Å². The zero-order valence-electron chi connectivity index (χ0n) is 15.2. The van der Waals surface area contributed by atoms with E-state index in [0.29, 0.717) is 12.3 Å². The Hall–Kier alpha value is -2.86. The van der Waals surface area contributed by atoms with E-state index in [4.69, 9.17) is 4.74 Å². The second kappa shape index (κ2) is 10.2. The van der Waals surface area contributed by atoms with Crippen molar-refractivity contribution in [3.8, 4) is 5.75 Å². The number of hydrogen-bond donors (Lipinski definition) is 2. The first kappa shape index (κ1) is 19.5. The molecule has 0 aromatic heterocycles. The van der Waals surface area contributed by atoms with Gasteiger partial charge in [-0.3, -0.25) is 9.59 Å². The molecule has 0 unspecified atom stereocenters. The SMILES string of the molecule is CN(C)Cc1ccc(CNC(=O)CNC(=O)COc2ccccc2)cc1. The van der Waals surface area contributed by atoms with Gasteiger partial charge >= 0.3 is 0 Å². The van der Waals surface area contributed by atoms with Crippen LogP contribution < -0.4 is 15.4 Å². The molecular formula is C20H25N3O3. The second-order valence-corrected chi connectivity index (χ2v) is 6.21. The van der Waals surface area contributed by atoms with Crippen LogP contribution >= 0.6 is 0 Å². The lowest BCUT2D eigenvalue weighted by Crippen LogP contribution is -2.38. The maximum atomic E-state index is 11.8. The largest absolute Gasteiger partial charge is 0.484 e. The normalized spacial score (nSPS) is 10.4. The smallest absolute Gasteiger partial charge is 0.258 e. The molecule has 26 heavy (non-hydrogen) atoms. The van der Waals surface area contributed by atoms with Gasteiger partial charge in [0, 0.05) is 13.1 Å². The first-order valence-corrected chi connectivity index (χ1v) is 8.47. The molecule has 2 rings (SSSR count). The van der Waals surface area contributed by atoms with Crippen LogP contribution in [0.4, 0.5) is 0 Å². The molecule has 0 saturated heterocycles. The lowest BCUT2D eigenvalue weighted by molar-refractivity contribution is -0.127. The molecule has 0 spiro atoms. The van der Waals surface area contributed by atoms with Crippen LogP contribution in [-0.2, 0) is 22.7 Å². The molecule has 6 nitrogen and oxygen atoms in total. The van der Waals surface area contributed by atoms with Crippen LogP contribution in [0.1, 0.15) is 11.1 Å². The Morgan fingerprint density at radius 1 is 0.885 bits per heavy atom. The van der Waals surface area contributed by atoms with Crippen LogP contribution in [0, 0.1) is 0 Å². The van der Waals surface area contributed by atoms with E-state index in [9.17, 15) is 9.59 Å². The molecule has 0 aliphatic carbocycles. The molecule has 0 fully saturated rings. The maximum Gasteiger partial charge on any atom is 0.258 e. The van der Waals surface area contributed by atoms with Gasteiger partial charge in [0.05, 0.1) is 6.54 Å². The van der Waals surface area contributed by atoms with Gasteiger partial charge in [-0.2, -0.15) is 0 Å². The molecule has 0 aliphatic heterocycles. The van der Waals surface area contributed by atoms with Crippen molar-refractivity contribution >= 4 is 11.8 Å². The van der Waals surface area contributed by atoms with Gasteiger partial charge in [0.25, 0.3) is 5.91 Å². The highest BCUT2D eigenvalue weighted by molar-refractivity contribution is 5.85. The summed E-state index contributed by atoms with van der Waals surface area (Å²) < 4.78 is 5.32. The van der Waals surface area contributed by atoms with Crippen molar-refractivity contribution in [2.45, 2.75) is 13.1 Å². The Kier molecular flexibility index (Phi) is 7.64. The van der Waals surface area contributed by atoms with Gasteiger partial charge in [0.2, 0.25) is 5.91 Å². The van der Waals surface area contributed by atoms with Crippen molar-refractivity contribution in [3.63, 3.8) is 0 Å². The minimum Gasteiger partial charge on any atom is -0.484 e. The second-order valence-electron chi connectivity index (χ2n) is 6.21. The fraction of sp³-hybridized carbons (Fsp3) is 0.300. The zero-order valence-corrected chi connectivity index (χ0v) is 15.2. The summed E-state index contributed by atoms with van der Waals surface area (Å²) in [6, 6.07) is 17.1. The Bertz CT molecular complexity index is 700. The van der Waals surface area contributed by atoms with Crippen molar-refractivity contribution in [2.75, 3.05) is 27.2 Å². The van der Waals surface area contributed by atoms with Crippen LogP contribution in [0.25, 0.3) is 0 Å². The Morgan fingerprint density at radius 3 is 2.19 bits per heavy atom. The van der Waals surface area contributed by atoms with Crippen molar-refractivity contribution in [3.05, 3.63) is 65.7 Å². The summed E-state index contributed by atoms with van der Waals surface area (Å²) in [5, 5.41) is 5.32. The molecule has 138 valence electrons. The molecule has 0 saturated carbocycles. The first-order chi connectivity index (χ1) is 12.5. The molecule has 2 amide bonds. The highest BCUT2D eigenvalue weighted by atomic mass is 16.5. The number of nitrogens with zero attached hydrogens (tertiary/aromatic N) is 1. The van der Waals surface area contributed by atoms with Gasteiger partial charge in [-0.1, -0.05) is 42.5 Å². The van der Waals surface area contributed by atoms with E-state index in [1.54, 1.807) is 12.1 Å². The summed E-state index contributed by atoms with van der Waals surface area (Å²) in [4.78, 5) is 25.6. The molecule has 0 bridgehead atoms. The molecule has 0 radical (unpaired) electrons. The average Bonchev–Trinajstić information content (AvgIpc) is 2.64. The number of benzene rings is 2. The topological polar surface area (TPSA) is 70.7 Å². The molecule has 2 N–H and O–H groups in total. The summed E-state index contributed by atoms with van der Waals surface area (Å²) in [7, 11) is 4.04. The minimum atomic E-state index is -0.336. The predicted molar refractivity (Wildman–Crippen MR) is 101 cm³/mol. The lowest BCUT2D eigenvalue weighted by atomic mass is 10.1. The lowest BCUT2D eigenvalue weighted by Gasteiger charge is -2.11. The maximum absolute atomic E-state index is 11.8. The molecule has 2 aromatic rings. The van der Waals surface area contributed by atoms with Gasteiger partial charge in [0.15, 0.2) is 6.61 Å². The van der Waals surface area contributed by atoms with Gasteiger partial charge in [-0.05, 0) is 37.4 Å². The molecule has 2 aromatic carbocycles. The summed E-state index contributed by atoms with van der Waals surface area (Å²) in [6.07, 6.45) is 0. The molecule has 0 aliphatic rings. The third-order valence-corrected chi connectivity index (χ3v) is 3.57. The number of nitrogens with one attached hydrogen (secondary N) is 2. The van der Waals surface area contributed by atoms with Gasteiger partial charge in [-0.15, -0.1) is 0 Å². The fourth-order valence-corrected chi connectivity index (χ4v) is 2.29. The predicted octanol–water partition coefficient (Wildman–Crippen LogP) is 1.56. The molecular weight excluding hydrogens is 330 g/mol. The van der Waals surface area contributed by atoms with E-state index in [0.717, 1.165) is 12.1 Å². The third-order valence-electron chi connectivity index (χ3n) is 3.57. The fourth-order valence-electron chi connectivity index (χ4n) is 2.29. The Balaban J connectivity index is 1.64. The number of rotatable bonds is 9.